The third-order valence-corrected chi connectivity index (χ3v) is 2.85. The molecule has 0 aliphatic rings. The van der Waals surface area contributed by atoms with E-state index in [2.05, 4.69) is 28.8 Å². The Kier molecular flexibility index (Phi) is 3.67. The summed E-state index contributed by atoms with van der Waals surface area (Å²) in [5, 5.41) is 0. The lowest BCUT2D eigenvalue weighted by Crippen LogP contribution is -2.26. The maximum Gasteiger partial charge on any atom is 0.129 e. The van der Waals surface area contributed by atoms with E-state index < -0.39 is 0 Å². The van der Waals surface area contributed by atoms with Crippen molar-refractivity contribution >= 4 is 0 Å². The van der Waals surface area contributed by atoms with Crippen molar-refractivity contribution in [3.05, 3.63) is 42.6 Å². The first-order chi connectivity index (χ1) is 8.61. The molecule has 2 aromatic heterocycles. The molecule has 0 radical (unpaired) electrons. The van der Waals surface area contributed by atoms with Gasteiger partial charge in [-0.05, 0) is 30.2 Å². The van der Waals surface area contributed by atoms with Crippen molar-refractivity contribution in [1.82, 2.24) is 15.0 Å². The summed E-state index contributed by atoms with van der Waals surface area (Å²) in [6.07, 6.45) is 6.12. The predicted octanol–water partition coefficient (Wildman–Crippen LogP) is 2.07. The molecule has 2 N–H and O–H groups in total. The normalized spacial score (nSPS) is 11.5. The van der Waals surface area contributed by atoms with Crippen molar-refractivity contribution in [2.24, 2.45) is 11.1 Å². The Labute approximate surface area is 107 Å². The molecule has 0 saturated heterocycles. The minimum Gasteiger partial charge on any atom is -0.330 e. The van der Waals surface area contributed by atoms with Gasteiger partial charge in [-0.3, -0.25) is 4.98 Å². The Morgan fingerprint density at radius 2 is 2.06 bits per heavy atom. The second-order valence-corrected chi connectivity index (χ2v) is 5.14. The molecule has 0 aliphatic carbocycles. The van der Waals surface area contributed by atoms with Gasteiger partial charge in [-0.2, -0.15) is 0 Å². The zero-order valence-electron chi connectivity index (χ0n) is 10.8. The summed E-state index contributed by atoms with van der Waals surface area (Å²) < 4.78 is 0. The predicted molar refractivity (Wildman–Crippen MR) is 71.8 cm³/mol. The van der Waals surface area contributed by atoms with Crippen LogP contribution in [0.3, 0.4) is 0 Å². The zero-order chi connectivity index (χ0) is 13.0. The van der Waals surface area contributed by atoms with E-state index >= 15 is 0 Å². The van der Waals surface area contributed by atoms with Gasteiger partial charge in [-0.15, -0.1) is 0 Å². The first-order valence-electron chi connectivity index (χ1n) is 6.03. The SMILES string of the molecule is CC(C)(CN)Cc1nccc(-c2cccnc2)n1. The van der Waals surface area contributed by atoms with E-state index in [1.807, 2.05) is 18.2 Å². The van der Waals surface area contributed by atoms with Crippen LogP contribution >= 0.6 is 0 Å². The molecule has 18 heavy (non-hydrogen) atoms. The van der Waals surface area contributed by atoms with Crippen LogP contribution in [-0.2, 0) is 6.42 Å². The van der Waals surface area contributed by atoms with Gasteiger partial charge in [-0.1, -0.05) is 13.8 Å². The van der Waals surface area contributed by atoms with Gasteiger partial charge in [0.05, 0.1) is 5.69 Å². The summed E-state index contributed by atoms with van der Waals surface area (Å²) in [7, 11) is 0. The van der Waals surface area contributed by atoms with Crippen LogP contribution < -0.4 is 5.73 Å². The second-order valence-electron chi connectivity index (χ2n) is 5.14. The third-order valence-electron chi connectivity index (χ3n) is 2.85. The highest BCUT2D eigenvalue weighted by Crippen LogP contribution is 2.20. The number of hydrogen-bond donors (Lipinski definition) is 1. The summed E-state index contributed by atoms with van der Waals surface area (Å²) in [4.78, 5) is 13.0. The standard InChI is InChI=1S/C14H18N4/c1-14(2,10-15)8-13-17-7-5-12(18-13)11-4-3-6-16-9-11/h3-7,9H,8,10,15H2,1-2H3. The molecule has 4 heteroatoms. The van der Waals surface area contributed by atoms with Crippen molar-refractivity contribution in [2.75, 3.05) is 6.54 Å². The van der Waals surface area contributed by atoms with Crippen molar-refractivity contribution < 1.29 is 0 Å². The molecule has 2 aromatic rings. The van der Waals surface area contributed by atoms with Gasteiger partial charge >= 0.3 is 0 Å². The van der Waals surface area contributed by atoms with Crippen LogP contribution in [-0.4, -0.2) is 21.5 Å². The van der Waals surface area contributed by atoms with Gasteiger partial charge in [0.1, 0.15) is 5.82 Å². The lowest BCUT2D eigenvalue weighted by molar-refractivity contribution is 0.368. The molecule has 0 saturated carbocycles. The first kappa shape index (κ1) is 12.6. The van der Waals surface area contributed by atoms with Gasteiger partial charge < -0.3 is 5.73 Å². The minimum absolute atomic E-state index is 0.0214. The second kappa shape index (κ2) is 5.23. The number of nitrogens with zero attached hydrogens (tertiary/aromatic N) is 3. The van der Waals surface area contributed by atoms with Crippen LogP contribution in [0.5, 0.6) is 0 Å². The van der Waals surface area contributed by atoms with Crippen LogP contribution in [0.4, 0.5) is 0 Å². The van der Waals surface area contributed by atoms with E-state index in [1.54, 1.807) is 18.6 Å². The quantitative estimate of drug-likeness (QED) is 0.891. The molecule has 0 fully saturated rings. The van der Waals surface area contributed by atoms with Crippen LogP contribution in [0, 0.1) is 5.41 Å². The molecule has 0 bridgehead atoms. The van der Waals surface area contributed by atoms with E-state index in [9.17, 15) is 0 Å². The smallest absolute Gasteiger partial charge is 0.129 e. The lowest BCUT2D eigenvalue weighted by Gasteiger charge is -2.21. The summed E-state index contributed by atoms with van der Waals surface area (Å²) in [6.45, 7) is 4.85. The Morgan fingerprint density at radius 1 is 1.22 bits per heavy atom. The van der Waals surface area contributed by atoms with E-state index in [4.69, 9.17) is 5.73 Å². The molecular weight excluding hydrogens is 224 g/mol. The molecule has 0 spiro atoms. The number of rotatable bonds is 4. The topological polar surface area (TPSA) is 64.7 Å². The van der Waals surface area contributed by atoms with Crippen molar-refractivity contribution in [1.29, 1.82) is 0 Å². The molecule has 0 amide bonds. The van der Waals surface area contributed by atoms with Gasteiger partial charge in [0.2, 0.25) is 0 Å². The molecule has 94 valence electrons. The Bertz CT molecular complexity index is 508. The Hall–Kier alpha value is -1.81. The highest BCUT2D eigenvalue weighted by Gasteiger charge is 2.18. The highest BCUT2D eigenvalue weighted by molar-refractivity contribution is 5.56. The van der Waals surface area contributed by atoms with E-state index in [1.165, 1.54) is 0 Å². The summed E-state index contributed by atoms with van der Waals surface area (Å²) >= 11 is 0. The van der Waals surface area contributed by atoms with Crippen molar-refractivity contribution in [2.45, 2.75) is 20.3 Å². The van der Waals surface area contributed by atoms with E-state index in [0.29, 0.717) is 6.54 Å². The monoisotopic (exact) mass is 242 g/mol. The summed E-state index contributed by atoms with van der Waals surface area (Å²) in [5.74, 6) is 0.826. The van der Waals surface area contributed by atoms with Crippen LogP contribution in [0.25, 0.3) is 11.3 Å². The number of nitrogens with two attached hydrogens (primary N) is 1. The van der Waals surface area contributed by atoms with E-state index in [0.717, 1.165) is 23.5 Å². The maximum absolute atomic E-state index is 5.74. The molecule has 2 heterocycles. The third kappa shape index (κ3) is 3.11. The number of aromatic nitrogens is 3. The molecular formula is C14H18N4. The van der Waals surface area contributed by atoms with Gasteiger partial charge in [0.25, 0.3) is 0 Å². The largest absolute Gasteiger partial charge is 0.330 e. The van der Waals surface area contributed by atoms with Gasteiger partial charge in [0, 0.05) is 30.6 Å². The lowest BCUT2D eigenvalue weighted by atomic mass is 9.89. The van der Waals surface area contributed by atoms with Gasteiger partial charge in [-0.25, -0.2) is 9.97 Å². The van der Waals surface area contributed by atoms with Crippen LogP contribution in [0.15, 0.2) is 36.8 Å². The first-order valence-corrected chi connectivity index (χ1v) is 6.03. The number of hydrogen-bond acceptors (Lipinski definition) is 4. The van der Waals surface area contributed by atoms with Gasteiger partial charge in [0.15, 0.2) is 0 Å². The molecule has 0 atom stereocenters. The maximum atomic E-state index is 5.74. The van der Waals surface area contributed by atoms with E-state index in [-0.39, 0.29) is 5.41 Å². The number of pyridine rings is 1. The fraction of sp³-hybridized carbons (Fsp3) is 0.357. The summed E-state index contributed by atoms with van der Waals surface area (Å²) in [6, 6.07) is 5.80. The van der Waals surface area contributed by atoms with Crippen molar-refractivity contribution in [3.8, 4) is 11.3 Å². The van der Waals surface area contributed by atoms with Crippen molar-refractivity contribution in [3.63, 3.8) is 0 Å². The molecule has 0 aliphatic heterocycles. The molecule has 0 unspecified atom stereocenters. The molecule has 0 aromatic carbocycles. The van der Waals surface area contributed by atoms with Crippen LogP contribution in [0.1, 0.15) is 19.7 Å². The summed E-state index contributed by atoms with van der Waals surface area (Å²) in [5.41, 5.74) is 7.67. The fourth-order valence-corrected chi connectivity index (χ4v) is 1.66. The zero-order valence-corrected chi connectivity index (χ0v) is 10.8. The molecule has 2 rings (SSSR count). The Morgan fingerprint density at radius 3 is 2.72 bits per heavy atom. The Balaban J connectivity index is 2.26. The average Bonchev–Trinajstić information content (AvgIpc) is 2.40. The molecule has 4 nitrogen and oxygen atoms in total. The highest BCUT2D eigenvalue weighted by atomic mass is 14.9. The fourth-order valence-electron chi connectivity index (χ4n) is 1.66. The average molecular weight is 242 g/mol. The van der Waals surface area contributed by atoms with Crippen LogP contribution in [0.2, 0.25) is 0 Å². The minimum atomic E-state index is 0.0214.